The number of hydrogen-bond donors (Lipinski definition) is 0. The zero-order chi connectivity index (χ0) is 8.36. The average Bonchev–Trinajstić information content (AvgIpc) is 1.60. The molecule has 0 aromatic heterocycles. The first kappa shape index (κ1) is 9.29. The topological polar surface area (TPSA) is 29.5 Å². The van der Waals surface area contributed by atoms with Crippen LogP contribution in [0.5, 0.6) is 0 Å². The molecule has 0 radical (unpaired) electrons. The van der Waals surface area contributed by atoms with E-state index in [9.17, 15) is 13.8 Å². The van der Waals surface area contributed by atoms with Crippen molar-refractivity contribution < 1.29 is 18.5 Å². The minimum absolute atomic E-state index is 0.731. The van der Waals surface area contributed by atoms with E-state index in [1.165, 1.54) is 0 Å². The van der Waals surface area contributed by atoms with Gasteiger partial charge in [-0.15, -0.1) is 0 Å². The van der Waals surface area contributed by atoms with Gasteiger partial charge in [0.25, 0.3) is 0 Å². The van der Waals surface area contributed by atoms with E-state index in [4.69, 9.17) is 0 Å². The van der Waals surface area contributed by atoms with Crippen molar-refractivity contribution in [3.8, 4) is 0 Å². The zero-order valence-electron chi connectivity index (χ0n) is 6.02. The molecule has 0 spiro atoms. The molecule has 0 aliphatic carbocycles. The fraction of sp³-hybridized carbons (Fsp3) is 0.800. The number of hydrogen-bond acceptors (Lipinski definition) is 3. The van der Waals surface area contributed by atoms with E-state index in [0.29, 0.717) is 0 Å². The largest absolute Gasteiger partial charge is 0.439 e. The maximum Gasteiger partial charge on any atom is 0.304 e. The Morgan fingerprint density at radius 1 is 1.50 bits per heavy atom. The van der Waals surface area contributed by atoms with Gasteiger partial charge in [-0.1, -0.05) is 8.96 Å². The number of esters is 1. The van der Waals surface area contributed by atoms with Crippen molar-refractivity contribution in [1.29, 1.82) is 0 Å². The van der Waals surface area contributed by atoms with Crippen LogP contribution in [0.25, 0.3) is 0 Å². The summed E-state index contributed by atoms with van der Waals surface area (Å²) in [6.07, 6.45) is 0. The third-order valence-corrected chi connectivity index (χ3v) is 0.801. The van der Waals surface area contributed by atoms with Gasteiger partial charge in [-0.05, 0) is 13.8 Å². The van der Waals surface area contributed by atoms with Crippen molar-refractivity contribution in [3.05, 3.63) is 0 Å². The van der Waals surface area contributed by atoms with E-state index in [1.54, 1.807) is 0 Å². The standard InChI is InChI=1S/C5H9F2NO2/c1-4(9)10-5(2,3)8(6)7/h1-3H3. The second-order valence-electron chi connectivity index (χ2n) is 2.27. The monoisotopic (exact) mass is 153 g/mol. The van der Waals surface area contributed by atoms with Crippen LogP contribution >= 0.6 is 0 Å². The van der Waals surface area contributed by atoms with Gasteiger partial charge in [0.1, 0.15) is 0 Å². The summed E-state index contributed by atoms with van der Waals surface area (Å²) in [6, 6.07) is 0. The molecule has 0 heterocycles. The Bertz CT molecular complexity index is 136. The third-order valence-electron chi connectivity index (χ3n) is 0.801. The van der Waals surface area contributed by atoms with E-state index >= 15 is 0 Å². The minimum Gasteiger partial charge on any atom is -0.439 e. The first-order valence-electron chi connectivity index (χ1n) is 2.67. The van der Waals surface area contributed by atoms with Crippen LogP contribution in [0.4, 0.5) is 8.96 Å². The molecule has 0 aromatic carbocycles. The van der Waals surface area contributed by atoms with Crippen molar-refractivity contribution in [2.24, 2.45) is 0 Å². The second-order valence-corrected chi connectivity index (χ2v) is 2.27. The first-order valence-corrected chi connectivity index (χ1v) is 2.67. The van der Waals surface area contributed by atoms with Gasteiger partial charge >= 0.3 is 5.97 Å². The van der Waals surface area contributed by atoms with Crippen LogP contribution in [0.2, 0.25) is 0 Å². The Balaban J connectivity index is 3.99. The molecule has 0 saturated carbocycles. The Labute approximate surface area is 57.4 Å². The summed E-state index contributed by atoms with van der Waals surface area (Å²) in [5, 5.41) is -1.16. The Hall–Kier alpha value is -0.710. The van der Waals surface area contributed by atoms with Gasteiger partial charge in [-0.2, -0.15) is 0 Å². The van der Waals surface area contributed by atoms with Crippen LogP contribution in [0, 0.1) is 0 Å². The molecule has 0 amide bonds. The molecule has 0 N–H and O–H groups in total. The maximum absolute atomic E-state index is 11.7. The molecule has 10 heavy (non-hydrogen) atoms. The lowest BCUT2D eigenvalue weighted by Gasteiger charge is -2.23. The Kier molecular flexibility index (Phi) is 2.71. The Morgan fingerprint density at radius 3 is 2.00 bits per heavy atom. The third kappa shape index (κ3) is 2.72. The molecule has 0 aliphatic rings. The normalized spacial score (nSPS) is 11.8. The highest BCUT2D eigenvalue weighted by atomic mass is 19.4. The molecular weight excluding hydrogens is 144 g/mol. The summed E-state index contributed by atoms with van der Waals surface area (Å²) >= 11 is 0. The van der Waals surface area contributed by atoms with Gasteiger partial charge in [-0.3, -0.25) is 4.79 Å². The van der Waals surface area contributed by atoms with Gasteiger partial charge in [0.05, 0.1) is 5.34 Å². The fourth-order valence-electron chi connectivity index (χ4n) is 0.386. The molecule has 0 rings (SSSR count). The SMILES string of the molecule is CC(=O)OC(C)(C)N(F)F. The highest BCUT2D eigenvalue weighted by Gasteiger charge is 2.30. The first-order chi connectivity index (χ1) is 4.36. The minimum atomic E-state index is -1.83. The van der Waals surface area contributed by atoms with Gasteiger partial charge < -0.3 is 4.74 Å². The summed E-state index contributed by atoms with van der Waals surface area (Å²) in [5.74, 6) is -0.731. The summed E-state index contributed by atoms with van der Waals surface area (Å²) in [5.41, 5.74) is -1.83. The zero-order valence-corrected chi connectivity index (χ0v) is 6.02. The van der Waals surface area contributed by atoms with E-state index in [-0.39, 0.29) is 0 Å². The number of rotatable bonds is 2. The Morgan fingerprint density at radius 2 is 1.90 bits per heavy atom. The van der Waals surface area contributed by atoms with Crippen LogP contribution in [0.15, 0.2) is 0 Å². The molecule has 0 bridgehead atoms. The fourth-order valence-corrected chi connectivity index (χ4v) is 0.386. The van der Waals surface area contributed by atoms with Crippen molar-refractivity contribution in [3.63, 3.8) is 0 Å². The van der Waals surface area contributed by atoms with Crippen molar-refractivity contribution >= 4 is 5.97 Å². The summed E-state index contributed by atoms with van der Waals surface area (Å²) in [7, 11) is 0. The van der Waals surface area contributed by atoms with Gasteiger partial charge in [0.15, 0.2) is 0 Å². The molecule has 60 valence electrons. The van der Waals surface area contributed by atoms with Crippen molar-refractivity contribution in [2.75, 3.05) is 0 Å². The number of nitrogens with zero attached hydrogens (tertiary/aromatic N) is 1. The smallest absolute Gasteiger partial charge is 0.304 e. The molecule has 0 unspecified atom stereocenters. The van der Waals surface area contributed by atoms with Crippen molar-refractivity contribution in [2.45, 2.75) is 26.5 Å². The van der Waals surface area contributed by atoms with E-state index in [1.807, 2.05) is 0 Å². The predicted octanol–water partition coefficient (Wildman–Crippen LogP) is 1.36. The molecule has 0 saturated heterocycles. The molecule has 5 heteroatoms. The summed E-state index contributed by atoms with van der Waals surface area (Å²) in [4.78, 5) is 10.2. The van der Waals surface area contributed by atoms with Gasteiger partial charge in [-0.25, -0.2) is 0 Å². The molecular formula is C5H9F2NO2. The van der Waals surface area contributed by atoms with Crippen LogP contribution in [-0.4, -0.2) is 17.0 Å². The van der Waals surface area contributed by atoms with Crippen LogP contribution in [-0.2, 0) is 9.53 Å². The number of carbonyl (C=O) groups excluding carboxylic acids is 1. The van der Waals surface area contributed by atoms with Crippen LogP contribution in [0.3, 0.4) is 0 Å². The van der Waals surface area contributed by atoms with E-state index in [0.717, 1.165) is 20.8 Å². The average molecular weight is 153 g/mol. The van der Waals surface area contributed by atoms with E-state index < -0.39 is 17.0 Å². The molecule has 0 aliphatic heterocycles. The summed E-state index contributed by atoms with van der Waals surface area (Å²) in [6.45, 7) is 3.26. The molecule has 0 fully saturated rings. The number of ether oxygens (including phenoxy) is 1. The van der Waals surface area contributed by atoms with Gasteiger partial charge in [0, 0.05) is 6.92 Å². The van der Waals surface area contributed by atoms with Crippen molar-refractivity contribution in [1.82, 2.24) is 5.34 Å². The highest BCUT2D eigenvalue weighted by molar-refractivity contribution is 5.66. The molecule has 0 aromatic rings. The maximum atomic E-state index is 11.7. The van der Waals surface area contributed by atoms with E-state index in [2.05, 4.69) is 4.74 Å². The lowest BCUT2D eigenvalue weighted by molar-refractivity contribution is -0.299. The lowest BCUT2D eigenvalue weighted by Crippen LogP contribution is -2.37. The quantitative estimate of drug-likeness (QED) is 0.341. The van der Waals surface area contributed by atoms with Crippen LogP contribution in [0.1, 0.15) is 20.8 Å². The lowest BCUT2D eigenvalue weighted by atomic mass is 10.3. The molecule has 0 atom stereocenters. The predicted molar refractivity (Wildman–Crippen MR) is 29.9 cm³/mol. The second kappa shape index (κ2) is 2.92. The number of carbonyl (C=O) groups is 1. The molecule has 3 nitrogen and oxygen atoms in total. The number of halogens is 2. The summed E-state index contributed by atoms with van der Waals surface area (Å²) < 4.78 is 27.7. The highest BCUT2D eigenvalue weighted by Crippen LogP contribution is 2.16. The van der Waals surface area contributed by atoms with Gasteiger partial charge in [0.2, 0.25) is 5.72 Å². The van der Waals surface area contributed by atoms with Crippen LogP contribution < -0.4 is 0 Å².